The van der Waals surface area contributed by atoms with Gasteiger partial charge in [-0.3, -0.25) is 4.79 Å². The van der Waals surface area contributed by atoms with Gasteiger partial charge in [0.25, 0.3) is 5.91 Å². The van der Waals surface area contributed by atoms with E-state index in [-0.39, 0.29) is 5.91 Å². The van der Waals surface area contributed by atoms with Gasteiger partial charge in [0, 0.05) is 19.3 Å². The van der Waals surface area contributed by atoms with E-state index in [1.54, 1.807) is 23.2 Å². The number of halogens is 1. The minimum atomic E-state index is -0.112. The average Bonchev–Trinajstić information content (AvgIpc) is 3.20. The number of H-pyrrole nitrogens is 1. The maximum Gasteiger partial charge on any atom is 0.257 e. The summed E-state index contributed by atoms with van der Waals surface area (Å²) < 4.78 is 22.7. The first-order valence-corrected chi connectivity index (χ1v) is 10.8. The van der Waals surface area contributed by atoms with Crippen LogP contribution in [0.15, 0.2) is 18.3 Å². The maximum absolute atomic E-state index is 13.1. The molecule has 10 nitrogen and oxygen atoms in total. The Morgan fingerprint density at radius 2 is 1.97 bits per heavy atom. The highest BCUT2D eigenvalue weighted by Gasteiger charge is 2.28. The summed E-state index contributed by atoms with van der Waals surface area (Å²) in [5.41, 5.74) is 1.58. The Morgan fingerprint density at radius 1 is 1.19 bits per heavy atom. The number of hydrogen-bond acceptors (Lipinski definition) is 8. The predicted molar refractivity (Wildman–Crippen MR) is 118 cm³/mol. The van der Waals surface area contributed by atoms with Gasteiger partial charge in [-0.2, -0.15) is 9.97 Å². The van der Waals surface area contributed by atoms with Gasteiger partial charge < -0.3 is 34.1 Å². The molecule has 0 spiro atoms. The zero-order valence-electron chi connectivity index (χ0n) is 17.4. The molecule has 2 aliphatic heterocycles. The third kappa shape index (κ3) is 3.76. The standard InChI is InChI=1S/C21H22ClN5O5/c1-2-30-19-15-13(22)11-23-18(15)25-21(26-19)24-14-4-3-12(16-17(14)32-10-9-31-16)20(28)27-5-7-29-8-6-27/h3-4,11H,2,5-10H2,1H3,(H2,23,24,25,26). The summed E-state index contributed by atoms with van der Waals surface area (Å²) in [4.78, 5) is 26.8. The lowest BCUT2D eigenvalue weighted by Crippen LogP contribution is -2.41. The largest absolute Gasteiger partial charge is 0.485 e. The fourth-order valence-electron chi connectivity index (χ4n) is 3.72. The Labute approximate surface area is 188 Å². The van der Waals surface area contributed by atoms with Gasteiger partial charge in [0.2, 0.25) is 11.8 Å². The number of aromatic amines is 1. The summed E-state index contributed by atoms with van der Waals surface area (Å²) in [5.74, 6) is 1.41. The Hall–Kier alpha value is -3.24. The molecule has 1 amide bonds. The van der Waals surface area contributed by atoms with E-state index < -0.39 is 0 Å². The number of anilines is 2. The van der Waals surface area contributed by atoms with E-state index in [1.165, 1.54) is 0 Å². The molecule has 0 atom stereocenters. The SMILES string of the molecule is CCOc1nc(Nc2ccc(C(=O)N3CCOCC3)c3c2OCCO3)nc2[nH]cc(Cl)c12. The lowest BCUT2D eigenvalue weighted by Gasteiger charge is -2.29. The summed E-state index contributed by atoms with van der Waals surface area (Å²) in [6.45, 7) is 5.16. The first-order valence-electron chi connectivity index (χ1n) is 10.4. The van der Waals surface area contributed by atoms with Crippen LogP contribution in [0, 0.1) is 0 Å². The molecule has 0 saturated carbocycles. The van der Waals surface area contributed by atoms with Gasteiger partial charge in [-0.25, -0.2) is 0 Å². The van der Waals surface area contributed by atoms with E-state index in [9.17, 15) is 4.79 Å². The fourth-order valence-corrected chi connectivity index (χ4v) is 3.95. The number of ether oxygens (including phenoxy) is 4. The minimum absolute atomic E-state index is 0.112. The quantitative estimate of drug-likeness (QED) is 0.599. The molecule has 2 N–H and O–H groups in total. The van der Waals surface area contributed by atoms with Gasteiger partial charge in [-0.05, 0) is 19.1 Å². The number of amides is 1. The molecule has 0 bridgehead atoms. The van der Waals surface area contributed by atoms with E-state index in [1.807, 2.05) is 6.92 Å². The van der Waals surface area contributed by atoms with Crippen LogP contribution in [0.5, 0.6) is 17.4 Å². The number of fused-ring (bicyclic) bond motifs is 2. The molecule has 1 fully saturated rings. The van der Waals surface area contributed by atoms with Crippen LogP contribution in [0.25, 0.3) is 11.0 Å². The minimum Gasteiger partial charge on any atom is -0.485 e. The molecule has 1 saturated heterocycles. The second kappa shape index (κ2) is 8.71. The number of nitrogens with zero attached hydrogens (tertiary/aromatic N) is 3. The lowest BCUT2D eigenvalue weighted by molar-refractivity contribution is 0.0298. The highest BCUT2D eigenvalue weighted by molar-refractivity contribution is 6.35. The number of benzene rings is 1. The monoisotopic (exact) mass is 459 g/mol. The summed E-state index contributed by atoms with van der Waals surface area (Å²) in [6.07, 6.45) is 1.64. The molecule has 0 aliphatic carbocycles. The molecule has 0 unspecified atom stereocenters. The van der Waals surface area contributed by atoms with Gasteiger partial charge in [0.05, 0.1) is 41.5 Å². The van der Waals surface area contributed by atoms with Gasteiger partial charge >= 0.3 is 0 Å². The van der Waals surface area contributed by atoms with Crippen molar-refractivity contribution in [3.63, 3.8) is 0 Å². The van der Waals surface area contributed by atoms with Crippen molar-refractivity contribution in [2.45, 2.75) is 6.92 Å². The lowest BCUT2D eigenvalue weighted by atomic mass is 10.1. The van der Waals surface area contributed by atoms with Crippen LogP contribution in [0.3, 0.4) is 0 Å². The molecule has 4 heterocycles. The first-order chi connectivity index (χ1) is 15.7. The molecular formula is C21H22ClN5O5. The van der Waals surface area contributed by atoms with Crippen LogP contribution in [-0.2, 0) is 4.74 Å². The van der Waals surface area contributed by atoms with E-state index in [2.05, 4.69) is 20.3 Å². The van der Waals surface area contributed by atoms with Crippen LogP contribution in [-0.4, -0.2) is 71.9 Å². The van der Waals surface area contributed by atoms with Crippen molar-refractivity contribution in [3.8, 4) is 17.4 Å². The topological polar surface area (TPSA) is 111 Å². The molecule has 1 aromatic carbocycles. The number of nitrogens with one attached hydrogen (secondary N) is 2. The van der Waals surface area contributed by atoms with Crippen LogP contribution in [0.1, 0.15) is 17.3 Å². The number of carbonyl (C=O) groups excluding carboxylic acids is 1. The number of hydrogen-bond donors (Lipinski definition) is 2. The van der Waals surface area contributed by atoms with Gasteiger partial charge in [-0.1, -0.05) is 11.6 Å². The first kappa shape index (κ1) is 20.7. The number of carbonyl (C=O) groups is 1. The van der Waals surface area contributed by atoms with Crippen molar-refractivity contribution >= 4 is 40.2 Å². The van der Waals surface area contributed by atoms with Crippen molar-refractivity contribution in [3.05, 3.63) is 28.9 Å². The Bertz CT molecular complexity index is 1160. The summed E-state index contributed by atoms with van der Waals surface area (Å²) in [5, 5.41) is 4.26. The number of morpholine rings is 1. The van der Waals surface area contributed by atoms with Crippen LogP contribution < -0.4 is 19.5 Å². The Kier molecular flexibility index (Phi) is 5.62. The van der Waals surface area contributed by atoms with E-state index in [4.69, 9.17) is 30.5 Å². The second-order valence-corrected chi connectivity index (χ2v) is 7.60. The van der Waals surface area contributed by atoms with Gasteiger partial charge in [0.15, 0.2) is 11.5 Å². The van der Waals surface area contributed by atoms with E-state index in [0.717, 1.165) is 0 Å². The molecule has 11 heteroatoms. The summed E-state index contributed by atoms with van der Waals surface area (Å²) >= 11 is 6.24. The zero-order chi connectivity index (χ0) is 22.1. The summed E-state index contributed by atoms with van der Waals surface area (Å²) in [6, 6.07) is 3.48. The van der Waals surface area contributed by atoms with Crippen LogP contribution in [0.2, 0.25) is 5.02 Å². The highest BCUT2D eigenvalue weighted by atomic mass is 35.5. The Morgan fingerprint density at radius 3 is 2.75 bits per heavy atom. The van der Waals surface area contributed by atoms with Gasteiger partial charge in [0.1, 0.15) is 18.9 Å². The molecule has 0 radical (unpaired) electrons. The highest BCUT2D eigenvalue weighted by Crippen LogP contribution is 2.42. The zero-order valence-corrected chi connectivity index (χ0v) is 18.2. The fraction of sp³-hybridized carbons (Fsp3) is 0.381. The smallest absolute Gasteiger partial charge is 0.257 e. The predicted octanol–water partition coefficient (Wildman–Crippen LogP) is 3.00. The van der Waals surface area contributed by atoms with Gasteiger partial charge in [-0.15, -0.1) is 0 Å². The molecule has 3 aromatic rings. The third-order valence-corrected chi connectivity index (χ3v) is 5.49. The van der Waals surface area contributed by atoms with Crippen LogP contribution >= 0.6 is 11.6 Å². The van der Waals surface area contributed by atoms with E-state index in [0.29, 0.717) is 96.8 Å². The van der Waals surface area contributed by atoms with Crippen molar-refractivity contribution in [2.24, 2.45) is 0 Å². The summed E-state index contributed by atoms with van der Waals surface area (Å²) in [7, 11) is 0. The molecular weight excluding hydrogens is 438 g/mol. The third-order valence-electron chi connectivity index (χ3n) is 5.19. The van der Waals surface area contributed by atoms with Crippen LogP contribution in [0.4, 0.5) is 11.6 Å². The molecule has 168 valence electrons. The molecule has 5 rings (SSSR count). The average molecular weight is 460 g/mol. The number of rotatable bonds is 5. The van der Waals surface area contributed by atoms with E-state index >= 15 is 0 Å². The Balaban J connectivity index is 1.50. The number of aromatic nitrogens is 3. The van der Waals surface area contributed by atoms with Crippen molar-refractivity contribution < 1.29 is 23.7 Å². The molecule has 2 aliphatic rings. The molecule has 2 aromatic heterocycles. The molecule has 32 heavy (non-hydrogen) atoms. The second-order valence-electron chi connectivity index (χ2n) is 7.19. The van der Waals surface area contributed by atoms with Crippen molar-refractivity contribution in [2.75, 3.05) is 51.4 Å². The maximum atomic E-state index is 13.1. The van der Waals surface area contributed by atoms with Crippen molar-refractivity contribution in [1.29, 1.82) is 0 Å². The van der Waals surface area contributed by atoms with Crippen molar-refractivity contribution in [1.82, 2.24) is 19.9 Å². The normalized spacial score (nSPS) is 15.6.